The van der Waals surface area contributed by atoms with E-state index in [-0.39, 0.29) is 5.91 Å². The fourth-order valence-electron chi connectivity index (χ4n) is 2.83. The van der Waals surface area contributed by atoms with Crippen molar-refractivity contribution in [1.29, 1.82) is 0 Å². The molecule has 0 radical (unpaired) electrons. The van der Waals surface area contributed by atoms with Crippen LogP contribution in [0.25, 0.3) is 16.9 Å². The third-order valence-electron chi connectivity index (χ3n) is 4.15. The summed E-state index contributed by atoms with van der Waals surface area (Å²) in [5.74, 6) is -0.155. The van der Waals surface area contributed by atoms with Crippen LogP contribution in [0.15, 0.2) is 46.6 Å². The van der Waals surface area contributed by atoms with Crippen molar-refractivity contribution in [1.82, 2.24) is 25.2 Å². The molecule has 1 aliphatic carbocycles. The molecule has 0 fully saturated rings. The van der Waals surface area contributed by atoms with E-state index in [0.717, 1.165) is 42.6 Å². The number of aromatic nitrogens is 5. The molecule has 26 heavy (non-hydrogen) atoms. The number of benzene rings is 1. The predicted molar refractivity (Wildman–Crippen MR) is 100 cm³/mol. The normalized spacial score (nSPS) is 14.5. The van der Waals surface area contributed by atoms with Gasteiger partial charge in [-0.1, -0.05) is 23.7 Å². The van der Waals surface area contributed by atoms with Gasteiger partial charge in [0.15, 0.2) is 5.13 Å². The van der Waals surface area contributed by atoms with E-state index in [4.69, 9.17) is 11.6 Å². The first-order valence-electron chi connectivity index (χ1n) is 8.19. The monoisotopic (exact) mass is 386 g/mol. The molecule has 9 heteroatoms. The van der Waals surface area contributed by atoms with Gasteiger partial charge in [0.2, 0.25) is 0 Å². The summed E-state index contributed by atoms with van der Waals surface area (Å²) in [7, 11) is 0. The highest BCUT2D eigenvalue weighted by Gasteiger charge is 2.19. The molecule has 0 bridgehead atoms. The van der Waals surface area contributed by atoms with Gasteiger partial charge in [0.05, 0.1) is 11.4 Å². The lowest BCUT2D eigenvalue weighted by Gasteiger charge is -2.14. The Balaban J connectivity index is 1.53. The second-order valence-electron chi connectivity index (χ2n) is 5.89. The maximum Gasteiger partial charge on any atom is 0.254 e. The molecule has 1 aliphatic rings. The average molecular weight is 387 g/mol. The number of anilines is 1. The molecule has 132 valence electrons. The molecule has 0 unspecified atom stereocenters. The molecule has 3 aromatic rings. The molecule has 1 aromatic carbocycles. The van der Waals surface area contributed by atoms with Gasteiger partial charge >= 0.3 is 0 Å². The minimum absolute atomic E-state index is 0.155. The third kappa shape index (κ3) is 3.51. The third-order valence-corrected chi connectivity index (χ3v) is 5.33. The number of tetrazole rings is 1. The van der Waals surface area contributed by atoms with Gasteiger partial charge in [0.1, 0.15) is 6.33 Å². The quantitative estimate of drug-likeness (QED) is 0.737. The van der Waals surface area contributed by atoms with Crippen molar-refractivity contribution in [3.63, 3.8) is 0 Å². The first-order chi connectivity index (χ1) is 12.7. The summed E-state index contributed by atoms with van der Waals surface area (Å²) in [6, 6.07) is 7.72. The molecule has 7 nitrogen and oxygen atoms in total. The summed E-state index contributed by atoms with van der Waals surface area (Å²) in [6.07, 6.45) is 5.06. The molecule has 0 atom stereocenters. The van der Waals surface area contributed by atoms with Crippen LogP contribution in [0.3, 0.4) is 0 Å². The van der Waals surface area contributed by atoms with E-state index in [1.165, 1.54) is 17.7 Å². The number of hydrogen-bond acceptors (Lipinski definition) is 6. The Morgan fingerprint density at radius 1 is 1.27 bits per heavy atom. The Labute approximate surface area is 158 Å². The predicted octanol–water partition coefficient (Wildman–Crippen LogP) is 3.79. The molecule has 0 saturated carbocycles. The van der Waals surface area contributed by atoms with Gasteiger partial charge in [-0.25, -0.2) is 9.67 Å². The summed E-state index contributed by atoms with van der Waals surface area (Å²) in [4.78, 5) is 16.9. The number of amides is 1. The van der Waals surface area contributed by atoms with Gasteiger partial charge < -0.3 is 0 Å². The summed E-state index contributed by atoms with van der Waals surface area (Å²) in [6.45, 7) is 0. The summed E-state index contributed by atoms with van der Waals surface area (Å²) in [5, 5.41) is 17.2. The van der Waals surface area contributed by atoms with Gasteiger partial charge in [0.25, 0.3) is 5.91 Å². The number of carbonyl (C=O) groups is 1. The molecule has 0 spiro atoms. The van der Waals surface area contributed by atoms with Gasteiger partial charge in [-0.05, 0) is 48.2 Å². The van der Waals surface area contributed by atoms with E-state index in [0.29, 0.717) is 15.7 Å². The topological polar surface area (TPSA) is 85.6 Å². The first kappa shape index (κ1) is 16.9. The summed E-state index contributed by atoms with van der Waals surface area (Å²) in [5.41, 5.74) is 3.22. The van der Waals surface area contributed by atoms with Crippen LogP contribution in [-0.4, -0.2) is 31.1 Å². The van der Waals surface area contributed by atoms with E-state index in [9.17, 15) is 4.79 Å². The fraction of sp³-hybridized carbons (Fsp3) is 0.235. The maximum atomic E-state index is 12.4. The van der Waals surface area contributed by atoms with Crippen LogP contribution in [0, 0.1) is 0 Å². The smallest absolute Gasteiger partial charge is 0.254 e. The highest BCUT2D eigenvalue weighted by atomic mass is 35.5. The van der Waals surface area contributed by atoms with Crippen LogP contribution in [0.2, 0.25) is 0 Å². The van der Waals surface area contributed by atoms with Crippen molar-refractivity contribution in [3.8, 4) is 16.9 Å². The molecule has 2 heterocycles. The average Bonchev–Trinajstić information content (AvgIpc) is 3.34. The number of nitrogens with zero attached hydrogens (tertiary/aromatic N) is 5. The Hall–Kier alpha value is -2.58. The molecular weight excluding hydrogens is 372 g/mol. The number of allylic oxidation sites excluding steroid dienone is 1. The molecular formula is C17H15ClN6OS. The lowest BCUT2D eigenvalue weighted by molar-refractivity contribution is -0.113. The molecule has 2 aromatic heterocycles. The lowest BCUT2D eigenvalue weighted by Crippen LogP contribution is -2.17. The molecule has 1 N–H and O–H groups in total. The standard InChI is InChI=1S/C17H15ClN6OS/c18-14-7-2-1-6-13(14)16(25)21-17-20-15(9-26-17)11-4-3-5-12(8-11)24-10-19-22-23-24/h3-5,8-10H,1-2,6-7H2,(H,20,21,25). The number of carbonyl (C=O) groups excluding carboxylic acids is 1. The van der Waals surface area contributed by atoms with Crippen LogP contribution < -0.4 is 5.32 Å². The van der Waals surface area contributed by atoms with Crippen LogP contribution in [-0.2, 0) is 4.79 Å². The summed E-state index contributed by atoms with van der Waals surface area (Å²) < 4.78 is 1.58. The Kier molecular flexibility index (Phi) is 4.77. The molecule has 0 aliphatic heterocycles. The summed E-state index contributed by atoms with van der Waals surface area (Å²) >= 11 is 7.58. The van der Waals surface area contributed by atoms with Gasteiger partial charge in [-0.15, -0.1) is 16.4 Å². The van der Waals surface area contributed by atoms with Crippen molar-refractivity contribution < 1.29 is 4.79 Å². The minimum Gasteiger partial charge on any atom is -0.298 e. The van der Waals surface area contributed by atoms with Crippen LogP contribution in [0.1, 0.15) is 25.7 Å². The molecule has 1 amide bonds. The fourth-order valence-corrected chi connectivity index (χ4v) is 3.86. The minimum atomic E-state index is -0.155. The Morgan fingerprint density at radius 2 is 2.15 bits per heavy atom. The van der Waals surface area contributed by atoms with Crippen molar-refractivity contribution in [2.24, 2.45) is 0 Å². The Morgan fingerprint density at radius 3 is 2.96 bits per heavy atom. The van der Waals surface area contributed by atoms with E-state index < -0.39 is 0 Å². The van der Waals surface area contributed by atoms with Gasteiger partial charge in [0, 0.05) is 21.5 Å². The van der Waals surface area contributed by atoms with Crippen molar-refractivity contribution in [2.45, 2.75) is 25.7 Å². The number of nitrogens with one attached hydrogen (secondary N) is 1. The lowest BCUT2D eigenvalue weighted by atomic mass is 9.99. The zero-order chi connectivity index (χ0) is 17.9. The van der Waals surface area contributed by atoms with Gasteiger partial charge in [-0.2, -0.15) is 0 Å². The number of rotatable bonds is 4. The van der Waals surface area contributed by atoms with E-state index >= 15 is 0 Å². The number of halogens is 1. The van der Waals surface area contributed by atoms with Gasteiger partial charge in [-0.3, -0.25) is 10.1 Å². The van der Waals surface area contributed by atoms with Crippen LogP contribution >= 0.6 is 22.9 Å². The molecule has 0 saturated heterocycles. The largest absolute Gasteiger partial charge is 0.298 e. The first-order valence-corrected chi connectivity index (χ1v) is 9.44. The highest BCUT2D eigenvalue weighted by Crippen LogP contribution is 2.30. The van der Waals surface area contributed by atoms with Crippen molar-refractivity contribution in [2.75, 3.05) is 5.32 Å². The van der Waals surface area contributed by atoms with E-state index in [1.807, 2.05) is 29.6 Å². The molecule has 4 rings (SSSR count). The Bertz CT molecular complexity index is 965. The zero-order valence-electron chi connectivity index (χ0n) is 13.7. The highest BCUT2D eigenvalue weighted by molar-refractivity contribution is 7.14. The number of hydrogen-bond donors (Lipinski definition) is 1. The van der Waals surface area contributed by atoms with Crippen molar-refractivity contribution >= 4 is 34.0 Å². The zero-order valence-corrected chi connectivity index (χ0v) is 15.3. The van der Waals surface area contributed by atoms with Crippen LogP contribution in [0.5, 0.6) is 0 Å². The van der Waals surface area contributed by atoms with Crippen LogP contribution in [0.4, 0.5) is 5.13 Å². The van der Waals surface area contributed by atoms with E-state index in [1.54, 1.807) is 4.68 Å². The number of thiazole rings is 1. The second-order valence-corrected chi connectivity index (χ2v) is 7.20. The second kappa shape index (κ2) is 7.35. The van der Waals surface area contributed by atoms with E-state index in [2.05, 4.69) is 25.8 Å². The maximum absolute atomic E-state index is 12.4. The SMILES string of the molecule is O=C(Nc1nc(-c2cccc(-n3cnnn3)c2)cs1)C1=C(Cl)CCCC1. The van der Waals surface area contributed by atoms with Crippen molar-refractivity contribution in [3.05, 3.63) is 46.6 Å².